The van der Waals surface area contributed by atoms with Crippen LogP contribution in [0.15, 0.2) is 91.0 Å². The number of ether oxygens (including phenoxy) is 1. The molecule has 0 saturated carbocycles. The van der Waals surface area contributed by atoms with Crippen molar-refractivity contribution in [1.29, 1.82) is 0 Å². The van der Waals surface area contributed by atoms with Crippen LogP contribution in [0, 0.1) is 10.1 Å². The van der Waals surface area contributed by atoms with Crippen LogP contribution in [0.1, 0.15) is 22.6 Å². The van der Waals surface area contributed by atoms with Gasteiger partial charge < -0.3 is 4.74 Å². The van der Waals surface area contributed by atoms with Crippen molar-refractivity contribution in [3.63, 3.8) is 0 Å². The molecular formula is C27H16ClNO3. The van der Waals surface area contributed by atoms with Crippen LogP contribution >= 0.6 is 11.6 Å². The number of benzene rings is 5. The first-order valence-electron chi connectivity index (χ1n) is 10.3. The molecule has 0 unspecified atom stereocenters. The van der Waals surface area contributed by atoms with Crippen molar-refractivity contribution < 1.29 is 9.66 Å². The molecule has 0 atom stereocenters. The molecule has 0 aliphatic carbocycles. The Morgan fingerprint density at radius 2 is 1.31 bits per heavy atom. The number of nitro benzene ring substituents is 1. The Labute approximate surface area is 188 Å². The van der Waals surface area contributed by atoms with E-state index in [-0.39, 0.29) is 16.6 Å². The molecule has 0 bridgehead atoms. The molecule has 154 valence electrons. The molecule has 0 aromatic heterocycles. The summed E-state index contributed by atoms with van der Waals surface area (Å²) >= 11 is 6.15. The maximum Gasteiger partial charge on any atom is 0.288 e. The number of rotatable bonds is 2. The van der Waals surface area contributed by atoms with Crippen LogP contribution < -0.4 is 4.74 Å². The first-order valence-corrected chi connectivity index (χ1v) is 10.6. The Bertz CT molecular complexity index is 1470. The van der Waals surface area contributed by atoms with Crippen molar-refractivity contribution in [3.8, 4) is 11.5 Å². The van der Waals surface area contributed by atoms with E-state index in [0.717, 1.165) is 49.7 Å². The fourth-order valence-corrected chi connectivity index (χ4v) is 4.96. The largest absolute Gasteiger partial charge is 0.457 e. The Balaban J connectivity index is 1.74. The van der Waals surface area contributed by atoms with Gasteiger partial charge in [-0.1, -0.05) is 78.3 Å². The molecule has 32 heavy (non-hydrogen) atoms. The van der Waals surface area contributed by atoms with E-state index >= 15 is 0 Å². The fourth-order valence-electron chi connectivity index (χ4n) is 4.77. The van der Waals surface area contributed by atoms with E-state index in [1.807, 2.05) is 54.6 Å². The van der Waals surface area contributed by atoms with Crippen molar-refractivity contribution in [2.45, 2.75) is 5.92 Å². The highest BCUT2D eigenvalue weighted by Gasteiger charge is 2.33. The molecule has 0 saturated heterocycles. The summed E-state index contributed by atoms with van der Waals surface area (Å²) in [5.41, 5.74) is 2.71. The lowest BCUT2D eigenvalue weighted by Crippen LogP contribution is -2.13. The summed E-state index contributed by atoms with van der Waals surface area (Å²) in [4.78, 5) is 11.2. The van der Waals surface area contributed by atoms with Crippen LogP contribution in [0.25, 0.3) is 21.5 Å². The summed E-state index contributed by atoms with van der Waals surface area (Å²) in [6.45, 7) is 0. The number of nitro groups is 1. The molecule has 1 aliphatic heterocycles. The summed E-state index contributed by atoms with van der Waals surface area (Å²) in [6, 6.07) is 29.4. The molecule has 0 radical (unpaired) electrons. The molecule has 0 fully saturated rings. The molecule has 6 rings (SSSR count). The number of halogens is 1. The van der Waals surface area contributed by atoms with Gasteiger partial charge in [0.1, 0.15) is 16.5 Å². The molecular weight excluding hydrogens is 422 g/mol. The minimum Gasteiger partial charge on any atom is -0.457 e. The van der Waals surface area contributed by atoms with E-state index in [1.54, 1.807) is 12.1 Å². The molecule has 1 aliphatic rings. The van der Waals surface area contributed by atoms with Crippen LogP contribution in [0.4, 0.5) is 5.69 Å². The van der Waals surface area contributed by atoms with E-state index in [4.69, 9.17) is 16.3 Å². The summed E-state index contributed by atoms with van der Waals surface area (Å²) in [5.74, 6) is 1.27. The monoisotopic (exact) mass is 437 g/mol. The third-order valence-electron chi connectivity index (χ3n) is 6.16. The van der Waals surface area contributed by atoms with E-state index < -0.39 is 4.92 Å². The third kappa shape index (κ3) is 2.77. The second-order valence-corrected chi connectivity index (χ2v) is 8.31. The van der Waals surface area contributed by atoms with Gasteiger partial charge in [0.05, 0.1) is 4.92 Å². The second-order valence-electron chi connectivity index (χ2n) is 7.90. The lowest BCUT2D eigenvalue weighted by Gasteiger charge is -2.31. The molecule has 1 heterocycles. The lowest BCUT2D eigenvalue weighted by molar-refractivity contribution is -0.384. The smallest absolute Gasteiger partial charge is 0.288 e. The minimum absolute atomic E-state index is 0.0979. The van der Waals surface area contributed by atoms with Gasteiger partial charge in [0.25, 0.3) is 5.69 Å². The van der Waals surface area contributed by atoms with Gasteiger partial charge in [0.15, 0.2) is 0 Å². The van der Waals surface area contributed by atoms with Gasteiger partial charge in [0, 0.05) is 23.1 Å². The standard InChI is InChI=1S/C27H16ClNO3/c28-21-12-9-18(15-22(21)29(30)31)25-26-19-7-3-1-5-16(19)10-13-23(26)32-24-14-11-17-6-2-4-8-20(17)27(24)25/h1-15,25H. The first kappa shape index (κ1) is 18.8. The van der Waals surface area contributed by atoms with Crippen LogP contribution in [0.2, 0.25) is 5.02 Å². The van der Waals surface area contributed by atoms with E-state index in [1.165, 1.54) is 0 Å². The fraction of sp³-hybridized carbons (Fsp3) is 0.0370. The van der Waals surface area contributed by atoms with Gasteiger partial charge in [-0.25, -0.2) is 0 Å². The van der Waals surface area contributed by atoms with Crippen LogP contribution in [-0.4, -0.2) is 4.92 Å². The number of hydrogen-bond donors (Lipinski definition) is 0. The average molecular weight is 438 g/mol. The number of nitrogens with zero attached hydrogens (tertiary/aromatic N) is 1. The highest BCUT2D eigenvalue weighted by atomic mass is 35.5. The first-order chi connectivity index (χ1) is 15.6. The lowest BCUT2D eigenvalue weighted by atomic mass is 9.78. The Morgan fingerprint density at radius 3 is 1.88 bits per heavy atom. The Kier molecular flexibility index (Phi) is 4.17. The highest BCUT2D eigenvalue weighted by molar-refractivity contribution is 6.32. The van der Waals surface area contributed by atoms with Crippen molar-refractivity contribution in [2.75, 3.05) is 0 Å². The van der Waals surface area contributed by atoms with Crippen LogP contribution in [-0.2, 0) is 0 Å². The average Bonchev–Trinajstić information content (AvgIpc) is 2.82. The maximum absolute atomic E-state index is 11.7. The van der Waals surface area contributed by atoms with Gasteiger partial charge in [-0.05, 0) is 45.3 Å². The van der Waals surface area contributed by atoms with E-state index in [2.05, 4.69) is 24.3 Å². The predicted octanol–water partition coefficient (Wildman–Crippen LogP) is 7.84. The SMILES string of the molecule is O=[N+]([O-])c1cc(C2c3c(ccc4ccccc34)Oc3ccc4ccccc4c32)ccc1Cl. The predicted molar refractivity (Wildman–Crippen MR) is 127 cm³/mol. The number of fused-ring (bicyclic) bond motifs is 6. The van der Waals surface area contributed by atoms with Gasteiger partial charge in [-0.15, -0.1) is 0 Å². The second kappa shape index (κ2) is 7.08. The third-order valence-corrected chi connectivity index (χ3v) is 6.48. The zero-order valence-electron chi connectivity index (χ0n) is 16.8. The summed E-state index contributed by atoms with van der Waals surface area (Å²) < 4.78 is 6.39. The van der Waals surface area contributed by atoms with E-state index in [9.17, 15) is 10.1 Å². The molecule has 5 aromatic rings. The zero-order chi connectivity index (χ0) is 21.8. The van der Waals surface area contributed by atoms with Crippen molar-refractivity contribution in [2.24, 2.45) is 0 Å². The quantitative estimate of drug-likeness (QED) is 0.205. The van der Waals surface area contributed by atoms with Gasteiger partial charge in [-0.3, -0.25) is 10.1 Å². The highest BCUT2D eigenvalue weighted by Crippen LogP contribution is 2.52. The summed E-state index contributed by atoms with van der Waals surface area (Å²) in [7, 11) is 0. The van der Waals surface area contributed by atoms with Crippen molar-refractivity contribution in [1.82, 2.24) is 0 Å². The van der Waals surface area contributed by atoms with Gasteiger partial charge >= 0.3 is 0 Å². The van der Waals surface area contributed by atoms with E-state index in [0.29, 0.717) is 0 Å². The molecule has 0 amide bonds. The molecule has 5 aromatic carbocycles. The van der Waals surface area contributed by atoms with Crippen LogP contribution in [0.3, 0.4) is 0 Å². The zero-order valence-corrected chi connectivity index (χ0v) is 17.5. The van der Waals surface area contributed by atoms with Crippen molar-refractivity contribution in [3.05, 3.63) is 123 Å². The Morgan fingerprint density at radius 1 is 0.750 bits per heavy atom. The number of hydrogen-bond acceptors (Lipinski definition) is 3. The molecule has 5 heteroatoms. The van der Waals surface area contributed by atoms with Crippen molar-refractivity contribution >= 4 is 38.8 Å². The minimum atomic E-state index is -0.431. The normalized spacial score (nSPS) is 12.9. The van der Waals surface area contributed by atoms with Crippen LogP contribution in [0.5, 0.6) is 11.5 Å². The topological polar surface area (TPSA) is 52.4 Å². The summed E-state index contributed by atoms with van der Waals surface area (Å²) in [5, 5.41) is 16.1. The van der Waals surface area contributed by atoms with Gasteiger partial charge in [0.2, 0.25) is 0 Å². The molecule has 0 N–H and O–H groups in total. The maximum atomic E-state index is 11.7. The molecule has 0 spiro atoms. The molecule has 4 nitrogen and oxygen atoms in total. The summed E-state index contributed by atoms with van der Waals surface area (Å²) in [6.07, 6.45) is 0. The Hall–Kier alpha value is -3.89. The van der Waals surface area contributed by atoms with Gasteiger partial charge in [-0.2, -0.15) is 0 Å².